The first-order valence-corrected chi connectivity index (χ1v) is 18.9. The number of Topliss-reactive ketones (excluding diaryl/α,β-unsaturated/α-hetero) is 1. The van der Waals surface area contributed by atoms with Gasteiger partial charge in [-0.1, -0.05) is 89.3 Å². The standard InChI is InChI=1S/C40H59N5O7/c1-7-40(38(50)43-31(23-27(2)3)35(47)39(6)26-52-39)18-12-11-15-33(40)44-37(49)32(24-28(4)5)42-36(48)30(17-16-29-13-9-8-10-14-29)41-34(46)25-45-19-21-51-22-20-45/h8-15,18,27-28,30-33H,7,16-17,19-26H2,1-6H3,(H,41,46)(H,42,48)(H,43,50)(H,44,49)/t30?,31?,32?,33?,39-,40+/m1/s1. The lowest BCUT2D eigenvalue weighted by molar-refractivity contribution is -0.137. The number of nitrogens with zero attached hydrogens (tertiary/aromatic N) is 1. The van der Waals surface area contributed by atoms with Gasteiger partial charge in [0.25, 0.3) is 0 Å². The van der Waals surface area contributed by atoms with Gasteiger partial charge in [0, 0.05) is 13.1 Å². The van der Waals surface area contributed by atoms with Crippen LogP contribution in [0.25, 0.3) is 0 Å². The fraction of sp³-hybridized carbons (Fsp3) is 0.625. The molecule has 3 aliphatic rings. The van der Waals surface area contributed by atoms with Crippen molar-refractivity contribution < 1.29 is 33.4 Å². The number of ketones is 1. The first-order valence-electron chi connectivity index (χ1n) is 18.9. The lowest BCUT2D eigenvalue weighted by Crippen LogP contribution is -2.61. The van der Waals surface area contributed by atoms with E-state index in [2.05, 4.69) is 21.3 Å². The Labute approximate surface area is 308 Å². The Balaban J connectivity index is 1.50. The van der Waals surface area contributed by atoms with Gasteiger partial charge in [0.15, 0.2) is 5.78 Å². The molecule has 4 N–H and O–H groups in total. The summed E-state index contributed by atoms with van der Waals surface area (Å²) in [5, 5.41) is 12.0. The summed E-state index contributed by atoms with van der Waals surface area (Å²) in [6.45, 7) is 14.4. The average molecular weight is 722 g/mol. The van der Waals surface area contributed by atoms with Gasteiger partial charge >= 0.3 is 0 Å². The van der Waals surface area contributed by atoms with Crippen molar-refractivity contribution in [3.63, 3.8) is 0 Å². The first kappa shape index (κ1) is 40.9. The molecule has 2 aliphatic heterocycles. The fourth-order valence-corrected chi connectivity index (χ4v) is 6.84. The zero-order valence-corrected chi connectivity index (χ0v) is 31.7. The van der Waals surface area contributed by atoms with Gasteiger partial charge in [0.05, 0.1) is 43.9 Å². The number of allylic oxidation sites excluding steroid dienone is 2. The van der Waals surface area contributed by atoms with Crippen LogP contribution < -0.4 is 21.3 Å². The number of hydrogen-bond acceptors (Lipinski definition) is 8. The van der Waals surface area contributed by atoms with E-state index >= 15 is 0 Å². The van der Waals surface area contributed by atoms with E-state index in [1.165, 1.54) is 0 Å². The molecule has 6 atom stereocenters. The quantitative estimate of drug-likeness (QED) is 0.159. The Morgan fingerprint density at radius 3 is 2.13 bits per heavy atom. The normalized spacial score (nSPS) is 24.5. The SMILES string of the molecule is CC[C@]1(C(=O)NC(CC(C)C)C(=O)[C@@]2(C)CO2)C=CC=CC1NC(=O)C(CC(C)C)NC(=O)C(CCc1ccccc1)NC(=O)CN1CCOCC1. The van der Waals surface area contributed by atoms with E-state index in [0.29, 0.717) is 65.0 Å². The predicted octanol–water partition coefficient (Wildman–Crippen LogP) is 2.86. The van der Waals surface area contributed by atoms with Crippen LogP contribution in [0.15, 0.2) is 54.6 Å². The molecule has 0 spiro atoms. The molecule has 2 fully saturated rings. The molecule has 0 aromatic heterocycles. The molecule has 2 heterocycles. The maximum absolute atomic E-state index is 14.2. The maximum atomic E-state index is 14.2. The molecule has 1 aromatic carbocycles. The summed E-state index contributed by atoms with van der Waals surface area (Å²) in [7, 11) is 0. The lowest BCUT2D eigenvalue weighted by atomic mass is 9.73. The summed E-state index contributed by atoms with van der Waals surface area (Å²) in [5.74, 6) is -1.48. The van der Waals surface area contributed by atoms with Gasteiger partial charge in [-0.25, -0.2) is 0 Å². The monoisotopic (exact) mass is 721 g/mol. The molecule has 286 valence electrons. The molecule has 0 radical (unpaired) electrons. The highest BCUT2D eigenvalue weighted by molar-refractivity contribution is 5.98. The van der Waals surface area contributed by atoms with Crippen LogP contribution in [0.4, 0.5) is 0 Å². The van der Waals surface area contributed by atoms with Crippen molar-refractivity contribution in [3.05, 3.63) is 60.2 Å². The van der Waals surface area contributed by atoms with E-state index in [0.717, 1.165) is 5.56 Å². The highest BCUT2D eigenvalue weighted by atomic mass is 16.6. The number of benzene rings is 1. The summed E-state index contributed by atoms with van der Waals surface area (Å²) in [5.41, 5.74) is -1.05. The van der Waals surface area contributed by atoms with Crippen LogP contribution in [0, 0.1) is 17.3 Å². The number of morpholine rings is 1. The molecule has 1 aliphatic carbocycles. The highest BCUT2D eigenvalue weighted by Gasteiger charge is 2.51. The molecule has 4 unspecified atom stereocenters. The second-order valence-electron chi connectivity index (χ2n) is 15.4. The van der Waals surface area contributed by atoms with Gasteiger partial charge in [-0.05, 0) is 56.4 Å². The van der Waals surface area contributed by atoms with Crippen molar-refractivity contribution in [1.29, 1.82) is 0 Å². The number of carbonyl (C=O) groups is 5. The maximum Gasteiger partial charge on any atom is 0.243 e. The number of aryl methyl sites for hydroxylation is 1. The van der Waals surface area contributed by atoms with Gasteiger partial charge in [0.2, 0.25) is 23.6 Å². The minimum atomic E-state index is -1.18. The number of rotatable bonds is 19. The highest BCUT2D eigenvalue weighted by Crippen LogP contribution is 2.35. The molecule has 1 aromatic rings. The Hall–Kier alpha value is -3.87. The van der Waals surface area contributed by atoms with E-state index < -0.39 is 47.0 Å². The molecule has 4 amide bonds. The summed E-state index contributed by atoms with van der Waals surface area (Å²) >= 11 is 0. The minimum absolute atomic E-state index is 0.0459. The second kappa shape index (κ2) is 18.8. The Kier molecular flexibility index (Phi) is 14.7. The summed E-state index contributed by atoms with van der Waals surface area (Å²) in [6, 6.07) is 6.45. The zero-order valence-electron chi connectivity index (χ0n) is 31.7. The van der Waals surface area contributed by atoms with Crippen LogP contribution in [0.1, 0.15) is 72.8 Å². The van der Waals surface area contributed by atoms with Gasteiger partial charge in [0.1, 0.15) is 17.7 Å². The van der Waals surface area contributed by atoms with E-state index in [1.54, 1.807) is 31.2 Å². The number of hydrogen-bond donors (Lipinski definition) is 4. The average Bonchev–Trinajstić information content (AvgIpc) is 3.87. The van der Waals surface area contributed by atoms with Crippen molar-refractivity contribution in [1.82, 2.24) is 26.2 Å². The molecule has 0 saturated carbocycles. The summed E-state index contributed by atoms with van der Waals surface area (Å²) < 4.78 is 10.8. The second-order valence-corrected chi connectivity index (χ2v) is 15.4. The van der Waals surface area contributed by atoms with Crippen LogP contribution in [-0.4, -0.2) is 104 Å². The molecule has 0 bridgehead atoms. The van der Waals surface area contributed by atoms with Crippen molar-refractivity contribution in [2.24, 2.45) is 17.3 Å². The van der Waals surface area contributed by atoms with Crippen LogP contribution >= 0.6 is 0 Å². The summed E-state index contributed by atoms with van der Waals surface area (Å²) in [4.78, 5) is 70.8. The smallest absolute Gasteiger partial charge is 0.243 e. The van der Waals surface area contributed by atoms with Crippen LogP contribution in [0.3, 0.4) is 0 Å². The number of nitrogens with one attached hydrogen (secondary N) is 4. The van der Waals surface area contributed by atoms with Crippen molar-refractivity contribution in [2.45, 2.75) is 103 Å². The minimum Gasteiger partial charge on any atom is -0.379 e. The topological polar surface area (TPSA) is 158 Å². The number of ether oxygens (including phenoxy) is 2. The van der Waals surface area contributed by atoms with Gasteiger partial charge < -0.3 is 30.7 Å². The van der Waals surface area contributed by atoms with E-state index in [1.807, 2.05) is 69.9 Å². The van der Waals surface area contributed by atoms with Crippen LogP contribution in [0.5, 0.6) is 0 Å². The molecule has 12 nitrogen and oxygen atoms in total. The molecule has 2 saturated heterocycles. The van der Waals surface area contributed by atoms with Gasteiger partial charge in [-0.2, -0.15) is 0 Å². The first-order chi connectivity index (χ1) is 24.8. The molecule has 12 heteroatoms. The Morgan fingerprint density at radius 2 is 1.52 bits per heavy atom. The Bertz CT molecular complexity index is 1450. The number of carbonyl (C=O) groups excluding carboxylic acids is 5. The van der Waals surface area contributed by atoms with Crippen molar-refractivity contribution in [3.8, 4) is 0 Å². The number of amides is 4. The van der Waals surface area contributed by atoms with Crippen LogP contribution in [0.2, 0.25) is 0 Å². The Morgan fingerprint density at radius 1 is 0.865 bits per heavy atom. The third-order valence-electron chi connectivity index (χ3n) is 10.1. The molecule has 52 heavy (non-hydrogen) atoms. The van der Waals surface area contributed by atoms with Crippen molar-refractivity contribution in [2.75, 3.05) is 39.5 Å². The lowest BCUT2D eigenvalue weighted by Gasteiger charge is -2.39. The largest absolute Gasteiger partial charge is 0.379 e. The molecular formula is C40H59N5O7. The third-order valence-corrected chi connectivity index (χ3v) is 10.1. The third kappa shape index (κ3) is 11.3. The summed E-state index contributed by atoms with van der Waals surface area (Å²) in [6.07, 6.45) is 9.14. The molecular weight excluding hydrogens is 662 g/mol. The van der Waals surface area contributed by atoms with Crippen molar-refractivity contribution >= 4 is 29.4 Å². The van der Waals surface area contributed by atoms with E-state index in [9.17, 15) is 24.0 Å². The number of epoxide rings is 1. The van der Waals surface area contributed by atoms with E-state index in [4.69, 9.17) is 9.47 Å². The fourth-order valence-electron chi connectivity index (χ4n) is 6.84. The van der Waals surface area contributed by atoms with Gasteiger partial charge in [-0.15, -0.1) is 0 Å². The van der Waals surface area contributed by atoms with Gasteiger partial charge in [-0.3, -0.25) is 28.9 Å². The molecule has 4 rings (SSSR count). The van der Waals surface area contributed by atoms with E-state index in [-0.39, 0.29) is 36.0 Å². The predicted molar refractivity (Wildman–Crippen MR) is 199 cm³/mol. The van der Waals surface area contributed by atoms with Crippen LogP contribution in [-0.2, 0) is 39.9 Å². The zero-order chi connectivity index (χ0) is 37.9.